The largest absolute Gasteiger partial charge is 0.454 e. The van der Waals surface area contributed by atoms with Gasteiger partial charge in [0.2, 0.25) is 0 Å². The maximum absolute atomic E-state index is 13.1. The van der Waals surface area contributed by atoms with Gasteiger partial charge in [0.25, 0.3) is 11.8 Å². The van der Waals surface area contributed by atoms with Crippen molar-refractivity contribution in [2.75, 3.05) is 11.9 Å². The summed E-state index contributed by atoms with van der Waals surface area (Å²) < 4.78 is 5.17. The van der Waals surface area contributed by atoms with Gasteiger partial charge in [0.1, 0.15) is 6.04 Å². The fraction of sp³-hybridized carbons (Fsp3) is 0.179. The predicted molar refractivity (Wildman–Crippen MR) is 132 cm³/mol. The lowest BCUT2D eigenvalue weighted by molar-refractivity contribution is -0.150. The first-order valence-electron chi connectivity index (χ1n) is 11.4. The van der Waals surface area contributed by atoms with Crippen LogP contribution in [-0.4, -0.2) is 42.0 Å². The zero-order valence-corrected chi connectivity index (χ0v) is 19.7. The van der Waals surface area contributed by atoms with Crippen LogP contribution in [0.3, 0.4) is 0 Å². The number of carbonyl (C=O) groups excluding carboxylic acids is 5. The van der Waals surface area contributed by atoms with Gasteiger partial charge in [-0.2, -0.15) is 0 Å². The highest BCUT2D eigenvalue weighted by Gasteiger charge is 2.32. The molecule has 0 saturated heterocycles. The Bertz CT molecular complexity index is 1360. The molecule has 1 aliphatic carbocycles. The third-order valence-electron chi connectivity index (χ3n) is 5.82. The molecule has 1 unspecified atom stereocenters. The maximum Gasteiger partial charge on any atom is 0.329 e. The summed E-state index contributed by atoms with van der Waals surface area (Å²) in [6.45, 7) is 2.85. The van der Waals surface area contributed by atoms with Crippen LogP contribution in [0.1, 0.15) is 56.0 Å². The van der Waals surface area contributed by atoms with Crippen molar-refractivity contribution in [3.8, 4) is 0 Å². The third kappa shape index (κ3) is 4.93. The van der Waals surface area contributed by atoms with Gasteiger partial charge >= 0.3 is 5.97 Å². The second-order valence-electron chi connectivity index (χ2n) is 8.65. The minimum absolute atomic E-state index is 0.0936. The lowest BCUT2D eigenvalue weighted by Crippen LogP contribution is -2.45. The van der Waals surface area contributed by atoms with Gasteiger partial charge in [-0.25, -0.2) is 4.79 Å². The van der Waals surface area contributed by atoms with Crippen LogP contribution >= 0.6 is 0 Å². The molecule has 182 valence electrons. The molecule has 0 saturated carbocycles. The van der Waals surface area contributed by atoms with E-state index >= 15 is 0 Å². The number of hydrogen-bond donors (Lipinski definition) is 2. The summed E-state index contributed by atoms with van der Waals surface area (Å²) in [6, 6.07) is 18.6. The fourth-order valence-electron chi connectivity index (χ4n) is 3.97. The highest BCUT2D eigenvalue weighted by atomic mass is 16.5. The highest BCUT2D eigenvalue weighted by molar-refractivity contribution is 6.30. The molecule has 1 atom stereocenters. The SMILES string of the molecule is CC(C)C(NC(=O)c1ccccc1)C(=O)OCC(=O)Nc1cccc2c1C(=O)c1ccccc1C2=O. The molecule has 8 heteroatoms. The average Bonchev–Trinajstić information content (AvgIpc) is 2.89. The van der Waals surface area contributed by atoms with Crippen molar-refractivity contribution in [3.63, 3.8) is 0 Å². The Morgan fingerprint density at radius 1 is 0.778 bits per heavy atom. The number of nitrogens with one attached hydrogen (secondary N) is 2. The molecule has 2 N–H and O–H groups in total. The first-order valence-corrected chi connectivity index (χ1v) is 11.4. The Kier molecular flexibility index (Phi) is 7.05. The van der Waals surface area contributed by atoms with Crippen LogP contribution in [0.25, 0.3) is 0 Å². The van der Waals surface area contributed by atoms with E-state index in [1.807, 2.05) is 0 Å². The summed E-state index contributed by atoms with van der Waals surface area (Å²) in [5, 5.41) is 5.21. The van der Waals surface area contributed by atoms with E-state index in [-0.39, 0.29) is 39.9 Å². The summed E-state index contributed by atoms with van der Waals surface area (Å²) in [6.07, 6.45) is 0. The molecular weight excluding hydrogens is 460 g/mol. The molecule has 0 bridgehead atoms. The smallest absolute Gasteiger partial charge is 0.329 e. The Morgan fingerprint density at radius 3 is 2.06 bits per heavy atom. The van der Waals surface area contributed by atoms with Gasteiger partial charge < -0.3 is 15.4 Å². The van der Waals surface area contributed by atoms with Gasteiger partial charge in [-0.1, -0.05) is 68.4 Å². The molecule has 4 rings (SSSR count). The molecule has 0 aromatic heterocycles. The number of ketones is 2. The number of benzene rings is 3. The molecule has 36 heavy (non-hydrogen) atoms. The number of rotatable bonds is 7. The second kappa shape index (κ2) is 10.4. The summed E-state index contributed by atoms with van der Waals surface area (Å²) in [5.41, 5.74) is 1.40. The van der Waals surface area contributed by atoms with Crippen LogP contribution < -0.4 is 10.6 Å². The highest BCUT2D eigenvalue weighted by Crippen LogP contribution is 2.31. The van der Waals surface area contributed by atoms with Crippen molar-refractivity contribution >= 4 is 35.0 Å². The Morgan fingerprint density at radius 2 is 1.39 bits per heavy atom. The van der Waals surface area contributed by atoms with Gasteiger partial charge in [0.05, 0.1) is 11.3 Å². The Balaban J connectivity index is 1.43. The standard InChI is InChI=1S/C28H24N2O6/c1-16(2)24(30-27(34)17-9-4-3-5-10-17)28(35)36-15-22(31)29-21-14-8-13-20-23(21)26(33)19-12-7-6-11-18(19)25(20)32/h3-14,16,24H,15H2,1-2H3,(H,29,31)(H,30,34). The third-order valence-corrected chi connectivity index (χ3v) is 5.82. The lowest BCUT2D eigenvalue weighted by atomic mass is 9.83. The summed E-state index contributed by atoms with van der Waals surface area (Å²) in [5.74, 6) is -2.87. The first-order chi connectivity index (χ1) is 17.3. The Labute approximate surface area is 207 Å². The van der Waals surface area contributed by atoms with Gasteiger partial charge in [0, 0.05) is 22.3 Å². The van der Waals surface area contributed by atoms with E-state index in [0.717, 1.165) is 0 Å². The van der Waals surface area contributed by atoms with Gasteiger partial charge in [-0.3, -0.25) is 19.2 Å². The van der Waals surface area contributed by atoms with Crippen molar-refractivity contribution in [2.45, 2.75) is 19.9 Å². The van der Waals surface area contributed by atoms with Crippen molar-refractivity contribution in [1.82, 2.24) is 5.32 Å². The normalized spacial score (nSPS) is 12.9. The van der Waals surface area contributed by atoms with E-state index in [1.54, 1.807) is 74.5 Å². The minimum atomic E-state index is -0.967. The molecule has 0 radical (unpaired) electrons. The average molecular weight is 485 g/mol. The maximum atomic E-state index is 13.1. The predicted octanol–water partition coefficient (Wildman–Crippen LogP) is 3.40. The van der Waals surface area contributed by atoms with E-state index in [1.165, 1.54) is 12.1 Å². The summed E-state index contributed by atoms with van der Waals surface area (Å²) in [4.78, 5) is 63.7. The Hall–Kier alpha value is -4.59. The van der Waals surface area contributed by atoms with Crippen molar-refractivity contribution in [2.24, 2.45) is 5.92 Å². The summed E-state index contributed by atoms with van der Waals surface area (Å²) in [7, 11) is 0. The van der Waals surface area contributed by atoms with Crippen LogP contribution in [0.15, 0.2) is 72.8 Å². The quantitative estimate of drug-likeness (QED) is 0.388. The molecular formula is C28H24N2O6. The van der Waals surface area contributed by atoms with E-state index in [4.69, 9.17) is 4.74 Å². The number of ether oxygens (including phenoxy) is 1. The first kappa shape index (κ1) is 24.5. The molecule has 8 nitrogen and oxygen atoms in total. The molecule has 1 aliphatic rings. The van der Waals surface area contributed by atoms with Crippen LogP contribution in [0.5, 0.6) is 0 Å². The van der Waals surface area contributed by atoms with Crippen LogP contribution in [0.4, 0.5) is 5.69 Å². The molecule has 3 aromatic rings. The van der Waals surface area contributed by atoms with Gasteiger partial charge in [-0.05, 0) is 24.1 Å². The molecule has 0 heterocycles. The van der Waals surface area contributed by atoms with E-state index in [2.05, 4.69) is 10.6 Å². The number of esters is 1. The lowest BCUT2D eigenvalue weighted by Gasteiger charge is -2.21. The molecule has 3 aromatic carbocycles. The minimum Gasteiger partial charge on any atom is -0.454 e. The molecule has 0 fully saturated rings. The number of hydrogen-bond acceptors (Lipinski definition) is 6. The topological polar surface area (TPSA) is 119 Å². The van der Waals surface area contributed by atoms with Crippen molar-refractivity contribution < 1.29 is 28.7 Å². The van der Waals surface area contributed by atoms with Gasteiger partial charge in [-0.15, -0.1) is 0 Å². The van der Waals surface area contributed by atoms with Crippen molar-refractivity contribution in [1.29, 1.82) is 0 Å². The summed E-state index contributed by atoms with van der Waals surface area (Å²) >= 11 is 0. The fourth-order valence-corrected chi connectivity index (χ4v) is 3.97. The zero-order valence-electron chi connectivity index (χ0n) is 19.7. The van der Waals surface area contributed by atoms with Crippen LogP contribution in [-0.2, 0) is 14.3 Å². The second-order valence-corrected chi connectivity index (χ2v) is 8.65. The molecule has 2 amide bonds. The number of fused-ring (bicyclic) bond motifs is 2. The van der Waals surface area contributed by atoms with E-state index in [9.17, 15) is 24.0 Å². The van der Waals surface area contributed by atoms with Crippen molar-refractivity contribution in [3.05, 3.63) is 101 Å². The van der Waals surface area contributed by atoms with Crippen LogP contribution in [0, 0.1) is 5.92 Å². The monoisotopic (exact) mass is 484 g/mol. The number of carbonyl (C=O) groups is 5. The van der Waals surface area contributed by atoms with Gasteiger partial charge in [0.15, 0.2) is 18.2 Å². The zero-order chi connectivity index (χ0) is 25.8. The molecule has 0 spiro atoms. The van der Waals surface area contributed by atoms with Crippen LogP contribution in [0.2, 0.25) is 0 Å². The van der Waals surface area contributed by atoms with E-state index < -0.39 is 30.4 Å². The van der Waals surface area contributed by atoms with E-state index in [0.29, 0.717) is 11.1 Å². The molecule has 0 aliphatic heterocycles. The number of anilines is 1. The number of amides is 2.